The summed E-state index contributed by atoms with van der Waals surface area (Å²) in [6, 6.07) is 15.1. The molecule has 1 aromatic heterocycles. The summed E-state index contributed by atoms with van der Waals surface area (Å²) >= 11 is 7.34. The molecule has 2 aromatic carbocycles. The Bertz CT molecular complexity index is 1230. The van der Waals surface area contributed by atoms with E-state index < -0.39 is 27.5 Å². The van der Waals surface area contributed by atoms with Crippen molar-refractivity contribution in [2.45, 2.75) is 17.5 Å². The molecule has 4 rings (SSSR count). The Morgan fingerprint density at radius 1 is 1.10 bits per heavy atom. The number of nitrogens with zero attached hydrogens (tertiary/aromatic N) is 1. The Labute approximate surface area is 188 Å². The summed E-state index contributed by atoms with van der Waals surface area (Å²) in [5.41, 5.74) is 0.544. The average molecular weight is 476 g/mol. The third-order valence-electron chi connectivity index (χ3n) is 5.01. The lowest BCUT2D eigenvalue weighted by atomic mass is 10.1. The minimum absolute atomic E-state index is 0.0530. The number of carbonyl (C=O) groups is 1. The van der Waals surface area contributed by atoms with Crippen molar-refractivity contribution in [3.05, 3.63) is 92.2 Å². The Hall–Kier alpha value is -2.81. The van der Waals surface area contributed by atoms with E-state index in [-0.39, 0.29) is 16.3 Å². The summed E-state index contributed by atoms with van der Waals surface area (Å²) in [6.07, 6.45) is 0. The van der Waals surface area contributed by atoms with E-state index in [1.807, 2.05) is 17.5 Å². The van der Waals surface area contributed by atoms with Crippen LogP contribution < -0.4 is 4.74 Å². The molecule has 1 atom stereocenters. The largest absolute Gasteiger partial charge is 0.502 e. The second-order valence-electron chi connectivity index (χ2n) is 6.86. The van der Waals surface area contributed by atoms with E-state index >= 15 is 0 Å². The first-order chi connectivity index (χ1) is 14.8. The second-order valence-corrected chi connectivity index (χ2v) is 10.2. The van der Waals surface area contributed by atoms with Gasteiger partial charge in [0.1, 0.15) is 10.7 Å². The summed E-state index contributed by atoms with van der Waals surface area (Å²) in [5, 5.41) is 13.0. The third kappa shape index (κ3) is 3.94. The fraction of sp³-hybridized carbons (Fsp3) is 0.136. The van der Waals surface area contributed by atoms with Crippen molar-refractivity contribution in [1.29, 1.82) is 0 Å². The molecule has 1 amide bonds. The lowest BCUT2D eigenvalue weighted by molar-refractivity contribution is -0.130. The number of thiophene rings is 1. The third-order valence-corrected chi connectivity index (χ3v) is 8.01. The Kier molecular flexibility index (Phi) is 5.79. The van der Waals surface area contributed by atoms with Crippen LogP contribution >= 0.6 is 22.9 Å². The molecule has 1 N–H and O–H groups in total. The minimum atomic E-state index is -4.18. The fourth-order valence-electron chi connectivity index (χ4n) is 3.50. The standard InChI is InChI=1S/C22H18ClNO5S2/c1-29-16-8-4-14(5-9-16)19-21(31(27,28)18-10-6-15(23)7-11-18)20(25)22(26)24(19)13-17-3-2-12-30-17/h2-12,19,25H,13H2,1H3/t19-/m0/s1. The maximum atomic E-state index is 13.5. The Morgan fingerprint density at radius 3 is 2.35 bits per heavy atom. The number of benzene rings is 2. The van der Waals surface area contributed by atoms with Gasteiger partial charge in [-0.3, -0.25) is 4.79 Å². The number of carbonyl (C=O) groups excluding carboxylic acids is 1. The Balaban J connectivity index is 1.85. The summed E-state index contributed by atoms with van der Waals surface area (Å²) in [6.45, 7) is 0.164. The maximum Gasteiger partial charge on any atom is 0.290 e. The quantitative estimate of drug-likeness (QED) is 0.556. The molecule has 31 heavy (non-hydrogen) atoms. The number of rotatable bonds is 6. The zero-order valence-electron chi connectivity index (χ0n) is 16.4. The lowest BCUT2D eigenvalue weighted by Gasteiger charge is -2.26. The van der Waals surface area contributed by atoms with Gasteiger partial charge in [0.05, 0.1) is 24.6 Å². The van der Waals surface area contributed by atoms with Gasteiger partial charge in [-0.2, -0.15) is 0 Å². The smallest absolute Gasteiger partial charge is 0.290 e. The fourth-order valence-corrected chi connectivity index (χ4v) is 5.97. The molecule has 0 saturated carbocycles. The van der Waals surface area contributed by atoms with E-state index in [1.165, 1.54) is 47.6 Å². The molecule has 0 spiro atoms. The van der Waals surface area contributed by atoms with Crippen LogP contribution in [-0.2, 0) is 21.2 Å². The normalized spacial score (nSPS) is 16.8. The number of methoxy groups -OCH3 is 1. The van der Waals surface area contributed by atoms with Crippen LogP contribution in [0.3, 0.4) is 0 Å². The number of hydrogen-bond acceptors (Lipinski definition) is 6. The van der Waals surface area contributed by atoms with Gasteiger partial charge in [-0.25, -0.2) is 8.42 Å². The monoisotopic (exact) mass is 475 g/mol. The van der Waals surface area contributed by atoms with Crippen molar-refractivity contribution in [2.24, 2.45) is 0 Å². The van der Waals surface area contributed by atoms with Crippen LogP contribution in [-0.4, -0.2) is 31.4 Å². The van der Waals surface area contributed by atoms with Crippen molar-refractivity contribution >= 4 is 38.7 Å². The van der Waals surface area contributed by atoms with Crippen LogP contribution in [0.2, 0.25) is 5.02 Å². The molecular weight excluding hydrogens is 458 g/mol. The molecular formula is C22H18ClNO5S2. The highest BCUT2D eigenvalue weighted by atomic mass is 35.5. The molecule has 6 nitrogen and oxygen atoms in total. The van der Waals surface area contributed by atoms with Crippen molar-refractivity contribution in [2.75, 3.05) is 7.11 Å². The van der Waals surface area contributed by atoms with Gasteiger partial charge in [0.25, 0.3) is 5.91 Å². The zero-order valence-corrected chi connectivity index (χ0v) is 18.7. The van der Waals surface area contributed by atoms with Gasteiger partial charge in [0, 0.05) is 9.90 Å². The predicted octanol–water partition coefficient (Wildman–Crippen LogP) is 4.74. The highest BCUT2D eigenvalue weighted by molar-refractivity contribution is 7.95. The van der Waals surface area contributed by atoms with E-state index in [9.17, 15) is 18.3 Å². The highest BCUT2D eigenvalue weighted by Gasteiger charge is 2.46. The molecule has 0 aliphatic carbocycles. The van der Waals surface area contributed by atoms with Crippen molar-refractivity contribution < 1.29 is 23.1 Å². The average Bonchev–Trinajstić information content (AvgIpc) is 3.37. The molecule has 0 radical (unpaired) electrons. The number of sulfone groups is 1. The van der Waals surface area contributed by atoms with E-state index in [2.05, 4.69) is 0 Å². The molecule has 0 saturated heterocycles. The van der Waals surface area contributed by atoms with E-state index in [4.69, 9.17) is 16.3 Å². The molecule has 0 unspecified atom stereocenters. The van der Waals surface area contributed by atoms with Gasteiger partial charge in [-0.05, 0) is 53.4 Å². The van der Waals surface area contributed by atoms with Crippen LogP contribution in [0.5, 0.6) is 5.75 Å². The zero-order chi connectivity index (χ0) is 22.2. The number of hydrogen-bond donors (Lipinski definition) is 1. The lowest BCUT2D eigenvalue weighted by Crippen LogP contribution is -2.30. The molecule has 3 aromatic rings. The van der Waals surface area contributed by atoms with Crippen LogP contribution in [0.25, 0.3) is 0 Å². The first-order valence-electron chi connectivity index (χ1n) is 9.24. The highest BCUT2D eigenvalue weighted by Crippen LogP contribution is 2.43. The summed E-state index contributed by atoms with van der Waals surface area (Å²) < 4.78 is 32.2. The first kappa shape index (κ1) is 21.4. The van der Waals surface area contributed by atoms with Crippen molar-refractivity contribution in [3.63, 3.8) is 0 Å². The number of amides is 1. The van der Waals surface area contributed by atoms with Crippen LogP contribution in [0.15, 0.2) is 81.6 Å². The van der Waals surface area contributed by atoms with Gasteiger partial charge in [0.15, 0.2) is 5.76 Å². The van der Waals surface area contributed by atoms with Crippen LogP contribution in [0, 0.1) is 0 Å². The van der Waals surface area contributed by atoms with E-state index in [1.54, 1.807) is 24.3 Å². The summed E-state index contributed by atoms with van der Waals surface area (Å²) in [5.74, 6) is -0.915. The number of halogens is 1. The Morgan fingerprint density at radius 2 is 1.77 bits per heavy atom. The number of aliphatic hydroxyl groups excluding tert-OH is 1. The minimum Gasteiger partial charge on any atom is -0.502 e. The maximum absolute atomic E-state index is 13.5. The molecule has 9 heteroatoms. The van der Waals surface area contributed by atoms with E-state index in [0.717, 1.165) is 4.88 Å². The molecule has 1 aliphatic heterocycles. The second kappa shape index (κ2) is 8.37. The molecule has 0 fully saturated rings. The first-order valence-corrected chi connectivity index (χ1v) is 12.0. The van der Waals surface area contributed by atoms with Crippen LogP contribution in [0.4, 0.5) is 0 Å². The predicted molar refractivity (Wildman–Crippen MR) is 119 cm³/mol. The van der Waals surface area contributed by atoms with Gasteiger partial charge < -0.3 is 14.7 Å². The van der Waals surface area contributed by atoms with Gasteiger partial charge in [-0.1, -0.05) is 29.8 Å². The van der Waals surface area contributed by atoms with E-state index in [0.29, 0.717) is 16.3 Å². The van der Waals surface area contributed by atoms with Gasteiger partial charge >= 0.3 is 0 Å². The van der Waals surface area contributed by atoms with Crippen molar-refractivity contribution in [1.82, 2.24) is 4.90 Å². The summed E-state index contributed by atoms with van der Waals surface area (Å²) in [4.78, 5) is 14.8. The van der Waals surface area contributed by atoms with Gasteiger partial charge in [-0.15, -0.1) is 11.3 Å². The molecule has 2 heterocycles. The summed E-state index contributed by atoms with van der Waals surface area (Å²) in [7, 11) is -2.65. The molecule has 0 bridgehead atoms. The number of aliphatic hydroxyl groups is 1. The molecule has 160 valence electrons. The SMILES string of the molecule is COc1ccc([C@H]2C(S(=O)(=O)c3ccc(Cl)cc3)=C(O)C(=O)N2Cc2cccs2)cc1. The van der Waals surface area contributed by atoms with Crippen molar-refractivity contribution in [3.8, 4) is 5.75 Å². The van der Waals surface area contributed by atoms with Gasteiger partial charge in [0.2, 0.25) is 9.84 Å². The molecule has 1 aliphatic rings. The topological polar surface area (TPSA) is 83.9 Å². The number of ether oxygens (including phenoxy) is 1. The van der Waals surface area contributed by atoms with Crippen LogP contribution in [0.1, 0.15) is 16.5 Å².